The Kier molecular flexibility index (Phi) is 6.68. The molecule has 2 aliphatic rings. The number of hydrogen-bond donors (Lipinski definition) is 1. The molecule has 1 N–H and O–H groups in total. The van der Waals surface area contributed by atoms with Gasteiger partial charge in [-0.05, 0) is 62.4 Å². The maximum Gasteiger partial charge on any atom is 0.225 e. The number of carbonyl (C=O) groups excluding carboxylic acids is 1. The second-order valence-electron chi connectivity index (χ2n) is 9.59. The predicted octanol–water partition coefficient (Wildman–Crippen LogP) is 4.92. The molecule has 0 amide bonds. The number of rotatable bonds is 7. The van der Waals surface area contributed by atoms with Gasteiger partial charge < -0.3 is 19.9 Å². The van der Waals surface area contributed by atoms with Gasteiger partial charge in [0, 0.05) is 25.0 Å². The van der Waals surface area contributed by atoms with Crippen molar-refractivity contribution < 1.29 is 9.53 Å². The van der Waals surface area contributed by atoms with Crippen LogP contribution in [0.5, 0.6) is 0 Å². The van der Waals surface area contributed by atoms with E-state index in [2.05, 4.69) is 65.4 Å². The highest BCUT2D eigenvalue weighted by atomic mass is 16.5. The van der Waals surface area contributed by atoms with Crippen LogP contribution in [0.1, 0.15) is 50.3 Å². The quantitative estimate of drug-likeness (QED) is 0.491. The minimum Gasteiger partial charge on any atom is -0.372 e. The van der Waals surface area contributed by atoms with Crippen molar-refractivity contribution in [3.63, 3.8) is 0 Å². The van der Waals surface area contributed by atoms with Crippen molar-refractivity contribution in [3.8, 4) is 0 Å². The predicted molar refractivity (Wildman–Crippen MR) is 139 cm³/mol. The Labute approximate surface area is 207 Å². The fourth-order valence-electron chi connectivity index (χ4n) is 5.13. The molecule has 1 aromatic heterocycles. The summed E-state index contributed by atoms with van der Waals surface area (Å²) in [5, 5.41) is 3.43. The fourth-order valence-corrected chi connectivity index (χ4v) is 5.13. The van der Waals surface area contributed by atoms with Crippen molar-refractivity contribution in [2.75, 3.05) is 34.8 Å². The Bertz CT molecular complexity index is 1130. The van der Waals surface area contributed by atoms with E-state index in [-0.39, 0.29) is 6.04 Å². The zero-order valence-corrected chi connectivity index (χ0v) is 20.4. The van der Waals surface area contributed by atoms with E-state index < -0.39 is 11.8 Å². The molecule has 0 spiro atoms. The number of ether oxygens (including phenoxy) is 1. The number of aromatic nitrogens is 2. The van der Waals surface area contributed by atoms with Gasteiger partial charge in [0.2, 0.25) is 5.95 Å². The smallest absolute Gasteiger partial charge is 0.225 e. The first-order valence-corrected chi connectivity index (χ1v) is 12.4. The number of benzene rings is 2. The molecule has 0 bridgehead atoms. The number of piperidine rings is 1. The van der Waals surface area contributed by atoms with Crippen LogP contribution in [-0.2, 0) is 15.1 Å². The van der Waals surface area contributed by atoms with Crippen molar-refractivity contribution in [2.24, 2.45) is 0 Å². The van der Waals surface area contributed by atoms with Gasteiger partial charge in [-0.1, -0.05) is 42.5 Å². The van der Waals surface area contributed by atoms with Crippen LogP contribution >= 0.6 is 0 Å². The van der Waals surface area contributed by atoms with Gasteiger partial charge in [0.05, 0.1) is 18.2 Å². The highest BCUT2D eigenvalue weighted by Gasteiger charge is 2.46. The summed E-state index contributed by atoms with van der Waals surface area (Å²) in [6, 6.07) is 20.7. The number of carbonyl (C=O) groups is 1. The van der Waals surface area contributed by atoms with Crippen molar-refractivity contribution in [2.45, 2.75) is 50.9 Å². The second-order valence-corrected chi connectivity index (χ2v) is 9.59. The maximum atomic E-state index is 11.9. The third-order valence-corrected chi connectivity index (χ3v) is 7.18. The lowest BCUT2D eigenvalue weighted by atomic mass is 9.91. The van der Waals surface area contributed by atoms with Crippen LogP contribution in [0, 0.1) is 0 Å². The summed E-state index contributed by atoms with van der Waals surface area (Å²) >= 11 is 0. The summed E-state index contributed by atoms with van der Waals surface area (Å²) in [4.78, 5) is 25.5. The molecule has 182 valence electrons. The summed E-state index contributed by atoms with van der Waals surface area (Å²) in [6.45, 7) is 6.85. The van der Waals surface area contributed by atoms with E-state index in [9.17, 15) is 4.79 Å². The normalized spacial score (nSPS) is 23.2. The number of nitrogens with one attached hydrogen (secondary N) is 1. The molecule has 7 nitrogen and oxygen atoms in total. The van der Waals surface area contributed by atoms with Gasteiger partial charge in [0.15, 0.2) is 12.5 Å². The van der Waals surface area contributed by atoms with E-state index in [4.69, 9.17) is 9.72 Å². The number of anilines is 3. The lowest BCUT2D eigenvalue weighted by Crippen LogP contribution is -2.45. The lowest BCUT2D eigenvalue weighted by Gasteiger charge is -2.36. The Hall–Kier alpha value is -3.45. The van der Waals surface area contributed by atoms with Gasteiger partial charge in [0.1, 0.15) is 5.82 Å². The van der Waals surface area contributed by atoms with Gasteiger partial charge in [0.25, 0.3) is 0 Å². The highest BCUT2D eigenvalue weighted by molar-refractivity contribution is 5.66. The largest absolute Gasteiger partial charge is 0.372 e. The van der Waals surface area contributed by atoms with Gasteiger partial charge in [-0.15, -0.1) is 0 Å². The molecule has 2 unspecified atom stereocenters. The van der Waals surface area contributed by atoms with Gasteiger partial charge in [-0.25, -0.2) is 4.98 Å². The van der Waals surface area contributed by atoms with Crippen molar-refractivity contribution in [3.05, 3.63) is 78.0 Å². The Balaban J connectivity index is 1.35. The van der Waals surface area contributed by atoms with Gasteiger partial charge in [-0.2, -0.15) is 4.98 Å². The minimum atomic E-state index is -0.706. The summed E-state index contributed by atoms with van der Waals surface area (Å²) in [6.07, 6.45) is 5.71. The topological polar surface area (TPSA) is 70.6 Å². The first-order valence-electron chi connectivity index (χ1n) is 12.4. The molecule has 2 saturated heterocycles. The molecule has 3 atom stereocenters. The SMILES string of the molecule is C[C@@H](Nc1nccc(N2C(C=O)OCC2(C)c2ccccc2)n1)c1ccc(N2CCCCC2)cc1. The van der Waals surface area contributed by atoms with Crippen LogP contribution in [0.15, 0.2) is 66.9 Å². The maximum absolute atomic E-state index is 11.9. The number of aldehydes is 1. The fraction of sp³-hybridized carbons (Fsp3) is 0.393. The first kappa shape index (κ1) is 23.3. The molecule has 0 saturated carbocycles. The van der Waals surface area contributed by atoms with Crippen molar-refractivity contribution >= 4 is 23.7 Å². The van der Waals surface area contributed by atoms with E-state index >= 15 is 0 Å². The monoisotopic (exact) mass is 471 g/mol. The Morgan fingerprint density at radius 1 is 1.06 bits per heavy atom. The van der Waals surface area contributed by atoms with Crippen molar-refractivity contribution in [1.82, 2.24) is 9.97 Å². The van der Waals surface area contributed by atoms with Gasteiger partial charge >= 0.3 is 0 Å². The van der Waals surface area contributed by atoms with Crippen LogP contribution in [0.4, 0.5) is 17.5 Å². The van der Waals surface area contributed by atoms with E-state index in [1.165, 1.54) is 30.5 Å². The molecular weight excluding hydrogens is 438 g/mol. The molecular formula is C28H33N5O2. The minimum absolute atomic E-state index is 0.0258. The summed E-state index contributed by atoms with van der Waals surface area (Å²) in [7, 11) is 0. The molecule has 3 heterocycles. The molecule has 7 heteroatoms. The van der Waals surface area contributed by atoms with Crippen LogP contribution < -0.4 is 15.1 Å². The molecule has 0 aliphatic carbocycles. The van der Waals surface area contributed by atoms with E-state index in [0.717, 1.165) is 24.9 Å². The van der Waals surface area contributed by atoms with E-state index in [1.54, 1.807) is 6.20 Å². The zero-order valence-electron chi connectivity index (χ0n) is 20.4. The van der Waals surface area contributed by atoms with Crippen LogP contribution in [-0.4, -0.2) is 42.2 Å². The summed E-state index contributed by atoms with van der Waals surface area (Å²) < 4.78 is 5.86. The number of nitrogens with zero attached hydrogens (tertiary/aromatic N) is 4. The van der Waals surface area contributed by atoms with Gasteiger partial charge in [-0.3, -0.25) is 4.79 Å². The lowest BCUT2D eigenvalue weighted by molar-refractivity contribution is -0.115. The third-order valence-electron chi connectivity index (χ3n) is 7.18. The Morgan fingerprint density at radius 3 is 2.51 bits per heavy atom. The number of hydrogen-bond acceptors (Lipinski definition) is 7. The molecule has 0 radical (unpaired) electrons. The average Bonchev–Trinajstić information content (AvgIpc) is 3.27. The van der Waals surface area contributed by atoms with Crippen LogP contribution in [0.2, 0.25) is 0 Å². The molecule has 3 aromatic rings. The molecule has 2 aromatic carbocycles. The summed E-state index contributed by atoms with van der Waals surface area (Å²) in [5.41, 5.74) is 3.01. The highest BCUT2D eigenvalue weighted by Crippen LogP contribution is 2.39. The Morgan fingerprint density at radius 2 is 1.80 bits per heavy atom. The summed E-state index contributed by atoms with van der Waals surface area (Å²) in [5.74, 6) is 1.16. The third kappa shape index (κ3) is 4.73. The second kappa shape index (κ2) is 10.0. The van der Waals surface area contributed by atoms with Crippen LogP contribution in [0.25, 0.3) is 0 Å². The molecule has 2 fully saturated rings. The first-order chi connectivity index (χ1) is 17.1. The zero-order chi connectivity index (χ0) is 24.3. The molecule has 2 aliphatic heterocycles. The van der Waals surface area contributed by atoms with E-state index in [1.807, 2.05) is 29.2 Å². The molecule has 35 heavy (non-hydrogen) atoms. The average molecular weight is 472 g/mol. The standard InChI is InChI=1S/C28H33N5O2/c1-21(22-11-13-24(14-12-22)32-17-7-4-8-18-32)30-27-29-16-15-25(31-27)33-26(19-34)35-20-28(33,2)23-9-5-3-6-10-23/h3,5-6,9-16,19,21,26H,4,7-8,17-18,20H2,1-2H3,(H,29,30,31)/t21-,26?,28?/m1/s1. The van der Waals surface area contributed by atoms with Crippen molar-refractivity contribution in [1.29, 1.82) is 0 Å². The molecule has 5 rings (SSSR count). The van der Waals surface area contributed by atoms with E-state index in [0.29, 0.717) is 18.4 Å². The van der Waals surface area contributed by atoms with Crippen LogP contribution in [0.3, 0.4) is 0 Å².